The Labute approximate surface area is 214 Å². The van der Waals surface area contributed by atoms with Gasteiger partial charge in [0, 0.05) is 30.3 Å². The monoisotopic (exact) mass is 504 g/mol. The summed E-state index contributed by atoms with van der Waals surface area (Å²) in [6.45, 7) is 11.7. The van der Waals surface area contributed by atoms with Crippen LogP contribution in [0.25, 0.3) is 0 Å². The molecule has 0 amide bonds. The number of allylic oxidation sites excluding steroid dienone is 1. The van der Waals surface area contributed by atoms with Crippen molar-refractivity contribution in [1.82, 2.24) is 0 Å². The first-order chi connectivity index (χ1) is 16.5. The Morgan fingerprint density at radius 1 is 1.03 bits per heavy atom. The minimum absolute atomic E-state index is 0.0209. The highest BCUT2D eigenvalue weighted by molar-refractivity contribution is 6.00. The molecule has 36 heavy (non-hydrogen) atoms. The van der Waals surface area contributed by atoms with Crippen molar-refractivity contribution < 1.29 is 34.8 Å². The predicted octanol–water partition coefficient (Wildman–Crippen LogP) is 3.68. The Balaban J connectivity index is 1.70. The number of hydrogen-bond acceptors (Lipinski definition) is 6. The summed E-state index contributed by atoms with van der Waals surface area (Å²) in [4.78, 5) is 37.6. The number of carboxylic acids is 1. The summed E-state index contributed by atoms with van der Waals surface area (Å²) >= 11 is 0. The maximum absolute atomic E-state index is 14.0. The van der Waals surface area contributed by atoms with Crippen molar-refractivity contribution in [3.8, 4) is 0 Å². The zero-order valence-electron chi connectivity index (χ0n) is 22.6. The smallest absolute Gasteiger partial charge is 0.306 e. The van der Waals surface area contributed by atoms with Gasteiger partial charge in [-0.2, -0.15) is 0 Å². The van der Waals surface area contributed by atoms with E-state index in [9.17, 15) is 29.7 Å². The van der Waals surface area contributed by atoms with Gasteiger partial charge in [-0.05, 0) is 65.8 Å². The molecule has 4 N–H and O–H groups in total. The largest absolute Gasteiger partial charge is 0.481 e. The second-order valence-corrected chi connectivity index (χ2v) is 13.6. The summed E-state index contributed by atoms with van der Waals surface area (Å²) in [5, 5.41) is 43.0. The van der Waals surface area contributed by atoms with Gasteiger partial charge in [0.1, 0.15) is 5.78 Å². The maximum atomic E-state index is 14.0. The molecule has 0 saturated heterocycles. The summed E-state index contributed by atoms with van der Waals surface area (Å²) in [5.74, 6) is -1.97. The molecule has 4 aliphatic carbocycles. The fraction of sp³-hybridized carbons (Fsp3) is 0.828. The number of aliphatic hydroxyl groups is 3. The molecular formula is C29H44O7. The Hall–Kier alpha value is -1.57. The summed E-state index contributed by atoms with van der Waals surface area (Å²) in [7, 11) is 0. The van der Waals surface area contributed by atoms with Crippen LogP contribution in [0.1, 0.15) is 92.9 Å². The standard InChI is InChI=1S/C29H44O7/c1-15(25(35)36)11-17(30)8-7-16-12-22(34)29(6)24-18(31)13-20-26(2,3)21(33)9-10-27(20,4)23(24)19(32)14-28(16,29)5/h15-16,18,20-22,31,33-34H,7-14H2,1-6H3,(H,35,36)/t15-,16-,18-,20-,21-,22-,27-,28+,29-/m0/s1. The van der Waals surface area contributed by atoms with Crippen molar-refractivity contribution in [1.29, 1.82) is 0 Å². The number of carboxylic acid groups (broad SMARTS) is 1. The quantitative estimate of drug-likeness (QED) is 0.434. The van der Waals surface area contributed by atoms with E-state index in [2.05, 4.69) is 6.92 Å². The highest BCUT2D eigenvalue weighted by atomic mass is 16.4. The average molecular weight is 505 g/mol. The van der Waals surface area contributed by atoms with Crippen LogP contribution in [0.4, 0.5) is 0 Å². The lowest BCUT2D eigenvalue weighted by molar-refractivity contribution is -0.143. The van der Waals surface area contributed by atoms with E-state index in [1.165, 1.54) is 6.92 Å². The van der Waals surface area contributed by atoms with Crippen LogP contribution < -0.4 is 0 Å². The first kappa shape index (κ1) is 27.5. The van der Waals surface area contributed by atoms with Crippen LogP contribution in [0, 0.1) is 39.4 Å². The van der Waals surface area contributed by atoms with Crippen molar-refractivity contribution in [2.75, 3.05) is 0 Å². The number of aliphatic carboxylic acids is 1. The second-order valence-electron chi connectivity index (χ2n) is 13.6. The molecule has 202 valence electrons. The van der Waals surface area contributed by atoms with Crippen LogP contribution in [0.5, 0.6) is 0 Å². The third kappa shape index (κ3) is 3.67. The number of carbonyl (C=O) groups excluding carboxylic acids is 2. The molecule has 4 rings (SSSR count). The number of rotatable bonds is 6. The van der Waals surface area contributed by atoms with Gasteiger partial charge in [-0.15, -0.1) is 0 Å². The van der Waals surface area contributed by atoms with Crippen molar-refractivity contribution >= 4 is 17.5 Å². The van der Waals surface area contributed by atoms with Gasteiger partial charge in [-0.1, -0.05) is 41.5 Å². The van der Waals surface area contributed by atoms with Gasteiger partial charge in [-0.3, -0.25) is 14.4 Å². The van der Waals surface area contributed by atoms with E-state index in [0.29, 0.717) is 43.3 Å². The molecule has 0 heterocycles. The molecule has 7 nitrogen and oxygen atoms in total. The topological polar surface area (TPSA) is 132 Å². The van der Waals surface area contributed by atoms with Gasteiger partial charge in [0.25, 0.3) is 0 Å². The fourth-order valence-electron chi connectivity index (χ4n) is 8.90. The van der Waals surface area contributed by atoms with Crippen LogP contribution in [0.15, 0.2) is 11.1 Å². The molecule has 0 aromatic carbocycles. The molecule has 0 aliphatic heterocycles. The average Bonchev–Trinajstić information content (AvgIpc) is 2.97. The molecule has 2 saturated carbocycles. The summed E-state index contributed by atoms with van der Waals surface area (Å²) in [6, 6.07) is 0. The summed E-state index contributed by atoms with van der Waals surface area (Å²) in [6.07, 6.45) is 0.962. The van der Waals surface area contributed by atoms with Crippen molar-refractivity contribution in [3.05, 3.63) is 11.1 Å². The molecule has 7 heteroatoms. The first-order valence-electron chi connectivity index (χ1n) is 13.6. The zero-order chi connectivity index (χ0) is 27.0. The third-order valence-electron chi connectivity index (χ3n) is 11.5. The third-order valence-corrected chi connectivity index (χ3v) is 11.5. The molecule has 0 radical (unpaired) electrons. The van der Waals surface area contributed by atoms with E-state index in [1.807, 2.05) is 27.7 Å². The number of aliphatic hydroxyl groups excluding tert-OH is 3. The summed E-state index contributed by atoms with van der Waals surface area (Å²) in [5.41, 5.74) is -0.968. The fourth-order valence-corrected chi connectivity index (χ4v) is 8.90. The van der Waals surface area contributed by atoms with Gasteiger partial charge in [0.05, 0.1) is 24.2 Å². The van der Waals surface area contributed by atoms with Crippen LogP contribution in [-0.4, -0.2) is 56.3 Å². The van der Waals surface area contributed by atoms with E-state index in [4.69, 9.17) is 5.11 Å². The number of Topliss-reactive ketones (excluding diaryl/α,β-unsaturated/α-hetero) is 2. The van der Waals surface area contributed by atoms with E-state index >= 15 is 0 Å². The van der Waals surface area contributed by atoms with Gasteiger partial charge >= 0.3 is 5.97 Å². The van der Waals surface area contributed by atoms with E-state index < -0.39 is 51.9 Å². The first-order valence-corrected chi connectivity index (χ1v) is 13.6. The lowest BCUT2D eigenvalue weighted by Crippen LogP contribution is -2.60. The van der Waals surface area contributed by atoms with Gasteiger partial charge in [0.15, 0.2) is 5.78 Å². The summed E-state index contributed by atoms with van der Waals surface area (Å²) < 4.78 is 0. The Morgan fingerprint density at radius 2 is 1.67 bits per heavy atom. The lowest BCUT2D eigenvalue weighted by atomic mass is 9.42. The number of hydrogen-bond donors (Lipinski definition) is 4. The molecule has 0 aromatic heterocycles. The highest BCUT2D eigenvalue weighted by Gasteiger charge is 2.69. The molecule has 0 spiro atoms. The van der Waals surface area contributed by atoms with Crippen molar-refractivity contribution in [3.63, 3.8) is 0 Å². The van der Waals surface area contributed by atoms with Crippen LogP contribution >= 0.6 is 0 Å². The zero-order valence-corrected chi connectivity index (χ0v) is 22.6. The van der Waals surface area contributed by atoms with Gasteiger partial charge < -0.3 is 20.4 Å². The van der Waals surface area contributed by atoms with E-state index in [1.54, 1.807) is 0 Å². The van der Waals surface area contributed by atoms with Crippen LogP contribution in [0.2, 0.25) is 0 Å². The Morgan fingerprint density at radius 3 is 2.28 bits per heavy atom. The molecule has 2 fully saturated rings. The molecule has 0 bridgehead atoms. The van der Waals surface area contributed by atoms with Crippen molar-refractivity contribution in [2.45, 2.75) is 111 Å². The minimum Gasteiger partial charge on any atom is -0.481 e. The number of carbonyl (C=O) groups is 3. The number of fused-ring (bicyclic) bond motifs is 4. The van der Waals surface area contributed by atoms with Crippen LogP contribution in [-0.2, 0) is 14.4 Å². The molecule has 4 aliphatic rings. The van der Waals surface area contributed by atoms with Gasteiger partial charge in [0.2, 0.25) is 0 Å². The van der Waals surface area contributed by atoms with E-state index in [0.717, 1.165) is 0 Å². The SMILES string of the molecule is C[C@@H](CC(=O)CC[C@H]1C[C@H](O)[C@@]2(C)C3=C(C(=O)C[C@]12C)[C@@]1(C)CC[C@H](O)C(C)(C)[C@@H]1C[C@@H]3O)C(=O)O. The maximum Gasteiger partial charge on any atom is 0.306 e. The Bertz CT molecular complexity index is 998. The van der Waals surface area contributed by atoms with Crippen molar-refractivity contribution in [2.24, 2.45) is 39.4 Å². The predicted molar refractivity (Wildman–Crippen MR) is 134 cm³/mol. The molecule has 0 aromatic rings. The molecular weight excluding hydrogens is 460 g/mol. The second kappa shape index (κ2) is 8.74. The minimum atomic E-state index is -0.993. The van der Waals surface area contributed by atoms with Crippen LogP contribution in [0.3, 0.4) is 0 Å². The Kier molecular flexibility index (Phi) is 6.67. The molecule has 9 atom stereocenters. The van der Waals surface area contributed by atoms with E-state index in [-0.39, 0.29) is 42.7 Å². The molecule has 0 unspecified atom stereocenters. The normalized spacial score (nSPS) is 44.5. The number of ketones is 2. The lowest BCUT2D eigenvalue weighted by Gasteiger charge is -2.62. The van der Waals surface area contributed by atoms with Gasteiger partial charge in [-0.25, -0.2) is 0 Å². The highest BCUT2D eigenvalue weighted by Crippen LogP contribution is 2.71.